The first-order valence-corrected chi connectivity index (χ1v) is 12.1. The van der Waals surface area contributed by atoms with Crippen LogP contribution in [0.3, 0.4) is 0 Å². The summed E-state index contributed by atoms with van der Waals surface area (Å²) in [6.45, 7) is 3.98. The Bertz CT molecular complexity index is 1250. The van der Waals surface area contributed by atoms with Gasteiger partial charge in [0.15, 0.2) is 5.78 Å². The number of carbonyl (C=O) groups is 1. The molecule has 1 aliphatic rings. The van der Waals surface area contributed by atoms with Crippen LogP contribution in [-0.2, 0) is 16.6 Å². The highest BCUT2D eigenvalue weighted by molar-refractivity contribution is 7.89. The van der Waals surface area contributed by atoms with Gasteiger partial charge in [-0.05, 0) is 37.3 Å². The monoisotopic (exact) mass is 473 g/mol. The molecule has 9 heteroatoms. The second-order valence-electron chi connectivity index (χ2n) is 7.76. The Balaban J connectivity index is 1.43. The molecule has 1 fully saturated rings. The molecule has 0 amide bonds. The molecule has 1 saturated heterocycles. The summed E-state index contributed by atoms with van der Waals surface area (Å²) in [7, 11) is -1.99. The van der Waals surface area contributed by atoms with Crippen LogP contribution in [0.1, 0.15) is 22.8 Å². The largest absolute Gasteiger partial charge is 0.497 e. The molecule has 0 aliphatic carbocycles. The van der Waals surface area contributed by atoms with Crippen LogP contribution in [0, 0.1) is 0 Å². The maximum absolute atomic E-state index is 13.0. The Morgan fingerprint density at radius 2 is 1.75 bits per heavy atom. The molecule has 7 nitrogen and oxygen atoms in total. The summed E-state index contributed by atoms with van der Waals surface area (Å²) >= 11 is 6.43. The first-order chi connectivity index (χ1) is 15.3. The van der Waals surface area contributed by atoms with Crippen LogP contribution in [0.15, 0.2) is 53.4 Å². The predicted octanol–water partition coefficient (Wildman–Crippen LogP) is 3.61. The topological polar surface area (TPSA) is 79.8 Å². The molecule has 0 radical (unpaired) electrons. The fourth-order valence-electron chi connectivity index (χ4n) is 3.78. The minimum absolute atomic E-state index is 0.0939. The summed E-state index contributed by atoms with van der Waals surface area (Å²) in [6, 6.07) is 13.8. The summed E-state index contributed by atoms with van der Waals surface area (Å²) < 4.78 is 32.7. The molecule has 1 aliphatic heterocycles. The highest BCUT2D eigenvalue weighted by Gasteiger charge is 2.28. The van der Waals surface area contributed by atoms with Crippen molar-refractivity contribution in [1.82, 2.24) is 14.2 Å². The zero-order valence-electron chi connectivity index (χ0n) is 17.9. The number of methoxy groups -OCH3 is 1. The zero-order chi connectivity index (χ0) is 22.9. The smallest absolute Gasteiger partial charge is 0.243 e. The van der Waals surface area contributed by atoms with E-state index in [1.165, 1.54) is 23.4 Å². The average Bonchev–Trinajstić information content (AvgIpc) is 2.79. The van der Waals surface area contributed by atoms with Gasteiger partial charge in [-0.2, -0.15) is 4.31 Å². The van der Waals surface area contributed by atoms with Crippen LogP contribution in [0.5, 0.6) is 5.75 Å². The van der Waals surface area contributed by atoms with E-state index in [1.54, 1.807) is 19.2 Å². The first-order valence-electron chi connectivity index (χ1n) is 10.2. The lowest BCUT2D eigenvalue weighted by atomic mass is 10.1. The summed E-state index contributed by atoms with van der Waals surface area (Å²) in [5, 5.41) is 1.41. The summed E-state index contributed by atoms with van der Waals surface area (Å²) in [6.07, 6.45) is 0. The van der Waals surface area contributed by atoms with Crippen molar-refractivity contribution < 1.29 is 17.9 Å². The van der Waals surface area contributed by atoms with E-state index in [1.807, 2.05) is 24.3 Å². The van der Waals surface area contributed by atoms with Crippen molar-refractivity contribution in [2.75, 3.05) is 33.3 Å². The third-order valence-corrected chi connectivity index (χ3v) is 7.91. The number of ether oxygens (including phenoxy) is 1. The number of halogens is 1. The number of Topliss-reactive ketones (excluding diaryl/α,β-unsaturated/α-hetero) is 1. The third-order valence-electron chi connectivity index (χ3n) is 5.67. The molecule has 0 saturated carbocycles. The van der Waals surface area contributed by atoms with Crippen molar-refractivity contribution in [3.8, 4) is 5.75 Å². The number of ketones is 1. The first kappa shape index (κ1) is 22.7. The number of piperazine rings is 1. The Morgan fingerprint density at radius 1 is 1.06 bits per heavy atom. The van der Waals surface area contributed by atoms with Crippen molar-refractivity contribution in [1.29, 1.82) is 0 Å². The van der Waals surface area contributed by atoms with E-state index in [9.17, 15) is 13.2 Å². The van der Waals surface area contributed by atoms with Crippen molar-refractivity contribution in [3.05, 3.63) is 64.8 Å². The second-order valence-corrected chi connectivity index (χ2v) is 10.1. The van der Waals surface area contributed by atoms with Crippen molar-refractivity contribution in [2.45, 2.75) is 18.4 Å². The zero-order valence-corrected chi connectivity index (χ0v) is 19.5. The SMILES string of the molecule is COc1ccc2cc(CN3CCN(S(=O)(=O)c4ccc(C(C)=O)cc4)CC3)c(Cl)nc2c1. The molecule has 168 valence electrons. The number of carbonyl (C=O) groups excluding carboxylic acids is 1. The summed E-state index contributed by atoms with van der Waals surface area (Å²) in [5.41, 5.74) is 2.17. The van der Waals surface area contributed by atoms with E-state index in [4.69, 9.17) is 16.3 Å². The molecule has 0 spiro atoms. The van der Waals surface area contributed by atoms with Crippen molar-refractivity contribution in [3.63, 3.8) is 0 Å². The fourth-order valence-corrected chi connectivity index (χ4v) is 5.41. The maximum atomic E-state index is 13.0. The quantitative estimate of drug-likeness (QED) is 0.402. The second kappa shape index (κ2) is 9.15. The van der Waals surface area contributed by atoms with Crippen LogP contribution in [0.4, 0.5) is 0 Å². The molecule has 4 rings (SSSR count). The Morgan fingerprint density at radius 3 is 2.38 bits per heavy atom. The summed E-state index contributed by atoms with van der Waals surface area (Å²) in [4.78, 5) is 18.3. The lowest BCUT2D eigenvalue weighted by Crippen LogP contribution is -2.48. The van der Waals surface area contributed by atoms with Gasteiger partial charge in [-0.3, -0.25) is 9.69 Å². The number of fused-ring (bicyclic) bond motifs is 1. The third kappa shape index (κ3) is 4.63. The van der Waals surface area contributed by atoms with Crippen molar-refractivity contribution in [2.24, 2.45) is 0 Å². The minimum Gasteiger partial charge on any atom is -0.497 e. The van der Waals surface area contributed by atoms with Gasteiger partial charge < -0.3 is 4.74 Å². The molecular weight excluding hydrogens is 450 g/mol. The number of nitrogens with zero attached hydrogens (tertiary/aromatic N) is 3. The molecular formula is C23H24ClN3O4S. The van der Waals surface area contributed by atoms with Crippen LogP contribution >= 0.6 is 11.6 Å². The molecule has 0 unspecified atom stereocenters. The summed E-state index contributed by atoms with van der Waals surface area (Å²) in [5.74, 6) is 0.630. The van der Waals surface area contributed by atoms with Gasteiger partial charge in [-0.25, -0.2) is 13.4 Å². The van der Waals surface area contributed by atoms with Gasteiger partial charge in [0.25, 0.3) is 0 Å². The van der Waals surface area contributed by atoms with Crippen LogP contribution in [0.2, 0.25) is 5.15 Å². The van der Waals surface area contributed by atoms with Gasteiger partial charge in [0.05, 0.1) is 17.5 Å². The highest BCUT2D eigenvalue weighted by Crippen LogP contribution is 2.26. The predicted molar refractivity (Wildman–Crippen MR) is 124 cm³/mol. The number of rotatable bonds is 6. The van der Waals surface area contributed by atoms with Gasteiger partial charge in [-0.1, -0.05) is 23.7 Å². The van der Waals surface area contributed by atoms with Gasteiger partial charge in [-0.15, -0.1) is 0 Å². The van der Waals surface area contributed by atoms with Crippen molar-refractivity contribution >= 4 is 38.3 Å². The lowest BCUT2D eigenvalue weighted by Gasteiger charge is -2.34. The van der Waals surface area contributed by atoms with Crippen LogP contribution < -0.4 is 4.74 Å². The van der Waals surface area contributed by atoms with E-state index in [0.717, 1.165) is 22.2 Å². The van der Waals surface area contributed by atoms with E-state index in [2.05, 4.69) is 9.88 Å². The molecule has 2 heterocycles. The minimum atomic E-state index is -3.60. The molecule has 32 heavy (non-hydrogen) atoms. The van der Waals surface area contributed by atoms with Gasteiger partial charge in [0, 0.05) is 55.3 Å². The molecule has 3 aromatic rings. The molecule has 2 aromatic carbocycles. The number of hydrogen-bond donors (Lipinski definition) is 0. The van der Waals surface area contributed by atoms with Crippen LogP contribution in [0.25, 0.3) is 10.9 Å². The Labute approximate surface area is 192 Å². The van der Waals surface area contributed by atoms with E-state index in [-0.39, 0.29) is 10.7 Å². The number of aromatic nitrogens is 1. The lowest BCUT2D eigenvalue weighted by molar-refractivity contribution is 0.101. The van der Waals surface area contributed by atoms with Crippen LogP contribution in [-0.4, -0.2) is 61.7 Å². The number of hydrogen-bond acceptors (Lipinski definition) is 6. The number of sulfonamides is 1. The Hall–Kier alpha value is -2.52. The maximum Gasteiger partial charge on any atom is 0.243 e. The van der Waals surface area contributed by atoms with Gasteiger partial charge in [0.1, 0.15) is 10.9 Å². The number of pyridine rings is 1. The van der Waals surface area contributed by atoms with E-state index < -0.39 is 10.0 Å². The van der Waals surface area contributed by atoms with E-state index >= 15 is 0 Å². The normalized spacial score (nSPS) is 15.7. The molecule has 0 N–H and O–H groups in total. The molecule has 0 bridgehead atoms. The fraction of sp³-hybridized carbons (Fsp3) is 0.304. The average molecular weight is 474 g/mol. The number of benzene rings is 2. The molecule has 0 atom stereocenters. The highest BCUT2D eigenvalue weighted by atomic mass is 35.5. The standard InChI is InChI=1S/C23H24ClN3O4S/c1-16(28)17-4-7-21(8-5-17)32(29,30)27-11-9-26(10-12-27)15-19-13-18-3-6-20(31-2)14-22(18)25-23(19)24/h3-8,13-14H,9-12,15H2,1-2H3. The Kier molecular flexibility index (Phi) is 6.48. The molecule has 1 aromatic heterocycles. The van der Waals surface area contributed by atoms with Gasteiger partial charge in [0.2, 0.25) is 10.0 Å². The van der Waals surface area contributed by atoms with Gasteiger partial charge >= 0.3 is 0 Å². The van der Waals surface area contributed by atoms with E-state index in [0.29, 0.717) is 43.4 Å².